The Morgan fingerprint density at radius 1 is 1.45 bits per heavy atom. The lowest BCUT2D eigenvalue weighted by Gasteiger charge is -2.29. The summed E-state index contributed by atoms with van der Waals surface area (Å²) in [6, 6.07) is 5.59. The first-order chi connectivity index (χ1) is 9.40. The van der Waals surface area contributed by atoms with Crippen LogP contribution in [0.1, 0.15) is 55.3 Å². The van der Waals surface area contributed by atoms with Crippen LogP contribution in [0.5, 0.6) is 0 Å². The Hall–Kier alpha value is -1.84. The first-order valence-electron chi connectivity index (χ1n) is 7.12. The van der Waals surface area contributed by atoms with Crippen molar-refractivity contribution in [2.24, 2.45) is 5.41 Å². The van der Waals surface area contributed by atoms with Gasteiger partial charge in [-0.1, -0.05) is 20.3 Å². The van der Waals surface area contributed by atoms with Gasteiger partial charge < -0.3 is 9.67 Å². The highest BCUT2D eigenvalue weighted by atomic mass is 16.4. The summed E-state index contributed by atoms with van der Waals surface area (Å²) in [6.07, 6.45) is 3.56. The molecule has 1 atom stereocenters. The Bertz CT molecular complexity index is 685. The summed E-state index contributed by atoms with van der Waals surface area (Å²) >= 11 is 0. The molecule has 1 N–H and O–H groups in total. The second kappa shape index (κ2) is 4.33. The molecular formula is C16H20N2O2. The number of imidazole rings is 1. The molecule has 1 aliphatic carbocycles. The SMILES string of the molecule is Cc1nc2ccc(C(=O)O)cc2n1C1CCCC1(C)C. The number of hydrogen-bond acceptors (Lipinski definition) is 2. The Morgan fingerprint density at radius 2 is 2.20 bits per heavy atom. The van der Waals surface area contributed by atoms with Crippen LogP contribution >= 0.6 is 0 Å². The fraction of sp³-hybridized carbons (Fsp3) is 0.500. The summed E-state index contributed by atoms with van der Waals surface area (Å²) in [7, 11) is 0. The van der Waals surface area contributed by atoms with E-state index in [2.05, 4.69) is 23.4 Å². The van der Waals surface area contributed by atoms with Crippen LogP contribution in [-0.2, 0) is 0 Å². The third-order valence-electron chi connectivity index (χ3n) is 4.63. The number of carboxylic acids is 1. The minimum Gasteiger partial charge on any atom is -0.478 e. The van der Waals surface area contributed by atoms with E-state index in [1.165, 1.54) is 12.8 Å². The van der Waals surface area contributed by atoms with E-state index < -0.39 is 5.97 Å². The molecule has 3 rings (SSSR count). The number of aromatic nitrogens is 2. The van der Waals surface area contributed by atoms with Gasteiger partial charge in [0.25, 0.3) is 0 Å². The number of nitrogens with zero attached hydrogens (tertiary/aromatic N) is 2. The van der Waals surface area contributed by atoms with Crippen molar-refractivity contribution >= 4 is 17.0 Å². The lowest BCUT2D eigenvalue weighted by atomic mass is 9.87. The van der Waals surface area contributed by atoms with Gasteiger partial charge in [0.15, 0.2) is 0 Å². The van der Waals surface area contributed by atoms with Gasteiger partial charge >= 0.3 is 5.97 Å². The van der Waals surface area contributed by atoms with Crippen LogP contribution in [0.3, 0.4) is 0 Å². The summed E-state index contributed by atoms with van der Waals surface area (Å²) in [4.78, 5) is 15.8. The topological polar surface area (TPSA) is 55.1 Å². The van der Waals surface area contributed by atoms with Gasteiger partial charge in [-0.3, -0.25) is 0 Å². The van der Waals surface area contributed by atoms with Crippen LogP contribution in [0, 0.1) is 12.3 Å². The summed E-state index contributed by atoms with van der Waals surface area (Å²) < 4.78 is 2.24. The summed E-state index contributed by atoms with van der Waals surface area (Å²) in [5, 5.41) is 9.18. The van der Waals surface area contributed by atoms with Crippen molar-refractivity contribution in [2.45, 2.75) is 46.1 Å². The highest BCUT2D eigenvalue weighted by molar-refractivity contribution is 5.92. The number of aryl methyl sites for hydroxylation is 1. The molecule has 1 heterocycles. The Kier molecular flexibility index (Phi) is 2.85. The van der Waals surface area contributed by atoms with Gasteiger partial charge in [0.05, 0.1) is 16.6 Å². The van der Waals surface area contributed by atoms with Gasteiger partial charge in [-0.25, -0.2) is 9.78 Å². The van der Waals surface area contributed by atoms with Crippen molar-refractivity contribution in [1.82, 2.24) is 9.55 Å². The van der Waals surface area contributed by atoms with Crippen LogP contribution in [0.4, 0.5) is 0 Å². The quantitative estimate of drug-likeness (QED) is 0.904. The second-order valence-electron chi connectivity index (χ2n) is 6.43. The maximum Gasteiger partial charge on any atom is 0.335 e. The van der Waals surface area contributed by atoms with Crippen molar-refractivity contribution in [3.05, 3.63) is 29.6 Å². The van der Waals surface area contributed by atoms with Crippen LogP contribution in [0.25, 0.3) is 11.0 Å². The number of aromatic carboxylic acids is 1. The Labute approximate surface area is 118 Å². The lowest BCUT2D eigenvalue weighted by molar-refractivity contribution is 0.0697. The predicted molar refractivity (Wildman–Crippen MR) is 78.1 cm³/mol. The van der Waals surface area contributed by atoms with E-state index in [9.17, 15) is 9.90 Å². The number of rotatable bonds is 2. The fourth-order valence-electron chi connectivity index (χ4n) is 3.53. The first kappa shape index (κ1) is 13.2. The molecule has 0 bridgehead atoms. The second-order valence-corrected chi connectivity index (χ2v) is 6.43. The summed E-state index contributed by atoms with van der Waals surface area (Å²) in [5.74, 6) is 0.0884. The van der Waals surface area contributed by atoms with E-state index in [1.807, 2.05) is 13.0 Å². The van der Waals surface area contributed by atoms with Gasteiger partial charge in [-0.15, -0.1) is 0 Å². The highest BCUT2D eigenvalue weighted by Gasteiger charge is 2.37. The number of carboxylic acid groups (broad SMARTS) is 1. The van der Waals surface area contributed by atoms with E-state index in [4.69, 9.17) is 0 Å². The van der Waals surface area contributed by atoms with Crippen molar-refractivity contribution in [1.29, 1.82) is 0 Å². The molecule has 0 aliphatic heterocycles. The summed E-state index contributed by atoms with van der Waals surface area (Å²) in [6.45, 7) is 6.59. The molecule has 4 nitrogen and oxygen atoms in total. The van der Waals surface area contributed by atoms with E-state index in [0.29, 0.717) is 11.6 Å². The third-order valence-corrected chi connectivity index (χ3v) is 4.63. The molecule has 0 radical (unpaired) electrons. The predicted octanol–water partition coefficient (Wildman–Crippen LogP) is 3.79. The fourth-order valence-corrected chi connectivity index (χ4v) is 3.53. The monoisotopic (exact) mass is 272 g/mol. The van der Waals surface area contributed by atoms with Crippen LogP contribution < -0.4 is 0 Å². The van der Waals surface area contributed by atoms with Gasteiger partial charge in [0, 0.05) is 6.04 Å². The molecule has 0 amide bonds. The largest absolute Gasteiger partial charge is 0.478 e. The number of fused-ring (bicyclic) bond motifs is 1. The molecule has 20 heavy (non-hydrogen) atoms. The molecule has 2 aromatic rings. The van der Waals surface area contributed by atoms with Crippen molar-refractivity contribution in [3.63, 3.8) is 0 Å². The van der Waals surface area contributed by atoms with Gasteiger partial charge in [-0.05, 0) is 43.4 Å². The third kappa shape index (κ3) is 1.90. The van der Waals surface area contributed by atoms with Crippen LogP contribution in [-0.4, -0.2) is 20.6 Å². The number of hydrogen-bond donors (Lipinski definition) is 1. The molecule has 1 saturated carbocycles. The average molecular weight is 272 g/mol. The van der Waals surface area contributed by atoms with Crippen molar-refractivity contribution in [3.8, 4) is 0 Å². The Morgan fingerprint density at radius 3 is 2.80 bits per heavy atom. The molecule has 1 unspecified atom stereocenters. The van der Waals surface area contributed by atoms with Crippen LogP contribution in [0.15, 0.2) is 18.2 Å². The van der Waals surface area contributed by atoms with E-state index >= 15 is 0 Å². The van der Waals surface area contributed by atoms with Gasteiger partial charge in [-0.2, -0.15) is 0 Å². The van der Waals surface area contributed by atoms with E-state index in [0.717, 1.165) is 23.3 Å². The zero-order valence-electron chi connectivity index (χ0n) is 12.2. The van der Waals surface area contributed by atoms with Crippen molar-refractivity contribution in [2.75, 3.05) is 0 Å². The van der Waals surface area contributed by atoms with E-state index in [1.54, 1.807) is 12.1 Å². The molecule has 106 valence electrons. The maximum atomic E-state index is 11.2. The molecule has 0 spiro atoms. The molecule has 1 aromatic heterocycles. The maximum absolute atomic E-state index is 11.2. The number of carbonyl (C=O) groups is 1. The van der Waals surface area contributed by atoms with Gasteiger partial charge in [0.1, 0.15) is 5.82 Å². The molecular weight excluding hydrogens is 252 g/mol. The number of benzene rings is 1. The summed E-state index contributed by atoms with van der Waals surface area (Å²) in [5.41, 5.74) is 2.39. The Balaban J connectivity index is 2.21. The molecule has 1 fully saturated rings. The molecule has 0 saturated heterocycles. The lowest BCUT2D eigenvalue weighted by Crippen LogP contribution is -2.22. The van der Waals surface area contributed by atoms with Crippen LogP contribution in [0.2, 0.25) is 0 Å². The zero-order valence-corrected chi connectivity index (χ0v) is 12.2. The molecule has 4 heteroatoms. The normalized spacial score (nSPS) is 21.4. The highest BCUT2D eigenvalue weighted by Crippen LogP contribution is 2.47. The first-order valence-corrected chi connectivity index (χ1v) is 7.12. The molecule has 1 aliphatic rings. The zero-order chi connectivity index (χ0) is 14.5. The molecule has 1 aromatic carbocycles. The standard InChI is InChI=1S/C16H20N2O2/c1-10-17-12-7-6-11(15(19)20)9-13(12)18(10)14-5-4-8-16(14,2)3/h6-7,9,14H,4-5,8H2,1-3H3,(H,19,20). The smallest absolute Gasteiger partial charge is 0.335 e. The minimum absolute atomic E-state index is 0.234. The van der Waals surface area contributed by atoms with E-state index in [-0.39, 0.29) is 5.41 Å². The van der Waals surface area contributed by atoms with Gasteiger partial charge in [0.2, 0.25) is 0 Å². The average Bonchev–Trinajstić information content (AvgIpc) is 2.86. The van der Waals surface area contributed by atoms with Crippen molar-refractivity contribution < 1.29 is 9.90 Å². The minimum atomic E-state index is -0.886.